The highest BCUT2D eigenvalue weighted by Crippen LogP contribution is 2.36. The van der Waals surface area contributed by atoms with Gasteiger partial charge in [-0.2, -0.15) is 13.2 Å². The molecule has 4 rings (SSSR count). The van der Waals surface area contributed by atoms with Gasteiger partial charge < -0.3 is 10.0 Å². The van der Waals surface area contributed by atoms with Crippen molar-refractivity contribution in [3.63, 3.8) is 0 Å². The van der Waals surface area contributed by atoms with Crippen LogP contribution in [0.25, 0.3) is 21.2 Å². The summed E-state index contributed by atoms with van der Waals surface area (Å²) in [5.41, 5.74) is 1.16. The maximum atomic E-state index is 13.0. The molecule has 1 heterocycles. The number of phenolic OH excluding ortho intramolecular Hbond substituents is 1. The van der Waals surface area contributed by atoms with E-state index in [0.717, 1.165) is 22.2 Å². The molecule has 9 heteroatoms. The number of amides is 1. The number of fused-ring (bicyclic) bond motifs is 1. The smallest absolute Gasteiger partial charge is 0.454 e. The lowest BCUT2D eigenvalue weighted by atomic mass is 10.00. The number of halogens is 4. The van der Waals surface area contributed by atoms with Crippen LogP contribution in [0.1, 0.15) is 25.6 Å². The zero-order chi connectivity index (χ0) is 24.6. The maximum absolute atomic E-state index is 13.0. The number of Topliss-reactive ketones (excluding diaryl/α,β-unsaturated/α-hetero) is 1. The third kappa shape index (κ3) is 4.64. The molecule has 0 unspecified atom stereocenters. The third-order valence-electron chi connectivity index (χ3n) is 5.30. The van der Waals surface area contributed by atoms with Crippen molar-refractivity contribution < 1.29 is 27.9 Å². The van der Waals surface area contributed by atoms with Crippen molar-refractivity contribution in [2.75, 3.05) is 7.05 Å². The van der Waals surface area contributed by atoms with Crippen molar-refractivity contribution >= 4 is 44.7 Å². The van der Waals surface area contributed by atoms with Gasteiger partial charge in [0, 0.05) is 34.8 Å². The summed E-state index contributed by atoms with van der Waals surface area (Å²) in [5, 5.41) is 11.5. The lowest BCUT2D eigenvalue weighted by molar-refractivity contribution is -0.0885. The molecule has 0 aliphatic heterocycles. The number of ketones is 1. The Bertz CT molecular complexity index is 1400. The second-order valence-electron chi connectivity index (χ2n) is 7.65. The van der Waals surface area contributed by atoms with Crippen molar-refractivity contribution in [2.24, 2.45) is 0 Å². The van der Waals surface area contributed by atoms with Gasteiger partial charge in [0.2, 0.25) is 0 Å². The van der Waals surface area contributed by atoms with Crippen LogP contribution in [0.4, 0.5) is 13.2 Å². The van der Waals surface area contributed by atoms with Gasteiger partial charge in [-0.05, 0) is 29.3 Å². The van der Waals surface area contributed by atoms with Gasteiger partial charge in [-0.3, -0.25) is 9.59 Å². The predicted octanol–water partition coefficient (Wildman–Crippen LogP) is 6.94. The lowest BCUT2D eigenvalue weighted by Gasteiger charge is -2.18. The molecule has 0 radical (unpaired) electrons. The molecule has 4 nitrogen and oxygen atoms in total. The average Bonchev–Trinajstić information content (AvgIpc) is 3.15. The van der Waals surface area contributed by atoms with E-state index in [1.165, 1.54) is 34.4 Å². The fraction of sp³-hybridized carbons (Fsp3) is 0.120. The zero-order valence-electron chi connectivity index (χ0n) is 17.7. The Hall–Kier alpha value is -3.36. The molecule has 0 spiro atoms. The number of hydrogen-bond acceptors (Lipinski definition) is 4. The molecule has 3 aromatic carbocycles. The summed E-state index contributed by atoms with van der Waals surface area (Å²) in [6.07, 6.45) is -4.94. The number of rotatable bonds is 5. The normalized spacial score (nSPS) is 11.6. The van der Waals surface area contributed by atoms with Gasteiger partial charge in [-0.1, -0.05) is 60.1 Å². The number of benzene rings is 3. The van der Waals surface area contributed by atoms with Crippen molar-refractivity contribution in [2.45, 2.75) is 12.7 Å². The van der Waals surface area contributed by atoms with E-state index in [9.17, 15) is 27.9 Å². The second kappa shape index (κ2) is 9.12. The Morgan fingerprint density at radius 3 is 2.29 bits per heavy atom. The van der Waals surface area contributed by atoms with Crippen molar-refractivity contribution in [3.8, 4) is 16.9 Å². The van der Waals surface area contributed by atoms with Crippen LogP contribution in [0.5, 0.6) is 5.75 Å². The Morgan fingerprint density at radius 1 is 1.00 bits per heavy atom. The van der Waals surface area contributed by atoms with Crippen LogP contribution in [0.15, 0.2) is 66.7 Å². The van der Waals surface area contributed by atoms with E-state index in [1.54, 1.807) is 19.2 Å². The van der Waals surface area contributed by atoms with Crippen LogP contribution < -0.4 is 0 Å². The van der Waals surface area contributed by atoms with E-state index < -0.39 is 17.5 Å². The Morgan fingerprint density at radius 2 is 1.65 bits per heavy atom. The zero-order valence-corrected chi connectivity index (χ0v) is 19.3. The summed E-state index contributed by atoms with van der Waals surface area (Å²) in [5.74, 6) is -2.24. The van der Waals surface area contributed by atoms with E-state index in [0.29, 0.717) is 26.6 Å². The summed E-state index contributed by atoms with van der Waals surface area (Å²) in [6.45, 7) is 0.0771. The van der Waals surface area contributed by atoms with Crippen molar-refractivity contribution in [1.82, 2.24) is 4.90 Å². The number of carbonyl (C=O) groups excluding carboxylic acids is 2. The maximum Gasteiger partial charge on any atom is 0.454 e. The number of carbonyl (C=O) groups is 2. The molecule has 0 fully saturated rings. The number of phenols is 1. The number of thiophene rings is 1. The minimum absolute atomic E-state index is 0.0327. The summed E-state index contributed by atoms with van der Waals surface area (Å²) in [6, 6.07) is 17.1. The van der Waals surface area contributed by atoms with Gasteiger partial charge in [0.1, 0.15) is 10.6 Å². The average molecular weight is 504 g/mol. The SMILES string of the molecule is CN(Cc1cc(-c2ccc(C(=O)C(F)(F)F)cc2)ccc1O)C(=O)c1sc2ccccc2c1Cl. The minimum Gasteiger partial charge on any atom is -0.508 e. The number of nitrogens with zero attached hydrogens (tertiary/aromatic N) is 1. The first-order valence-electron chi connectivity index (χ1n) is 10.0. The molecule has 0 aliphatic rings. The molecule has 0 bridgehead atoms. The third-order valence-corrected chi connectivity index (χ3v) is 6.96. The van der Waals surface area contributed by atoms with Gasteiger partial charge in [0.25, 0.3) is 11.7 Å². The first-order valence-corrected chi connectivity index (χ1v) is 11.2. The van der Waals surface area contributed by atoms with Gasteiger partial charge in [-0.25, -0.2) is 0 Å². The molecule has 1 amide bonds. The van der Waals surface area contributed by atoms with Crippen LogP contribution in [-0.2, 0) is 6.54 Å². The summed E-state index contributed by atoms with van der Waals surface area (Å²) in [7, 11) is 1.59. The van der Waals surface area contributed by atoms with Gasteiger partial charge >= 0.3 is 6.18 Å². The van der Waals surface area contributed by atoms with Gasteiger partial charge in [-0.15, -0.1) is 11.3 Å². The molecule has 0 aliphatic carbocycles. The predicted molar refractivity (Wildman–Crippen MR) is 127 cm³/mol. The second-order valence-corrected chi connectivity index (χ2v) is 9.08. The van der Waals surface area contributed by atoms with Gasteiger partial charge in [0.15, 0.2) is 0 Å². The molecule has 174 valence electrons. The highest BCUT2D eigenvalue weighted by Gasteiger charge is 2.39. The number of alkyl halides is 3. The summed E-state index contributed by atoms with van der Waals surface area (Å²) >= 11 is 7.71. The van der Waals surface area contributed by atoms with Crippen LogP contribution in [0, 0.1) is 0 Å². The molecule has 1 N–H and O–H groups in total. The summed E-state index contributed by atoms with van der Waals surface area (Å²) < 4.78 is 38.8. The molecule has 0 saturated carbocycles. The molecule has 1 aromatic heterocycles. The molecule has 4 aromatic rings. The fourth-order valence-corrected chi connectivity index (χ4v) is 5.03. The van der Waals surface area contributed by atoms with Crippen molar-refractivity contribution in [1.29, 1.82) is 0 Å². The Labute approximate surface area is 201 Å². The van der Waals surface area contributed by atoms with Crippen LogP contribution in [-0.4, -0.2) is 34.9 Å². The highest BCUT2D eigenvalue weighted by molar-refractivity contribution is 7.21. The molecule has 0 saturated heterocycles. The lowest BCUT2D eigenvalue weighted by Crippen LogP contribution is -2.25. The van der Waals surface area contributed by atoms with E-state index >= 15 is 0 Å². The molecular weight excluding hydrogens is 487 g/mol. The first-order chi connectivity index (χ1) is 16.1. The molecule has 34 heavy (non-hydrogen) atoms. The van der Waals surface area contributed by atoms with Crippen LogP contribution >= 0.6 is 22.9 Å². The van der Waals surface area contributed by atoms with Crippen LogP contribution in [0.3, 0.4) is 0 Å². The Kier molecular flexibility index (Phi) is 6.38. The largest absolute Gasteiger partial charge is 0.508 e. The quantitative estimate of drug-likeness (QED) is 0.300. The highest BCUT2D eigenvalue weighted by atomic mass is 35.5. The summed E-state index contributed by atoms with van der Waals surface area (Å²) in [4.78, 5) is 26.3. The minimum atomic E-state index is -4.94. The van der Waals surface area contributed by atoms with Gasteiger partial charge in [0.05, 0.1) is 5.02 Å². The monoisotopic (exact) mass is 503 g/mol. The van der Waals surface area contributed by atoms with E-state index in [1.807, 2.05) is 24.3 Å². The van der Waals surface area contributed by atoms with Crippen molar-refractivity contribution in [3.05, 3.63) is 87.8 Å². The first kappa shape index (κ1) is 23.8. The Balaban J connectivity index is 1.57. The van der Waals surface area contributed by atoms with E-state index in [2.05, 4.69) is 0 Å². The fourth-order valence-electron chi connectivity index (χ4n) is 3.52. The standard InChI is InChI=1S/C25H17ClF3NO3S/c1-30(24(33)22-21(26)18-4-2-3-5-20(18)34-22)13-17-12-16(10-11-19(17)31)14-6-8-15(9-7-14)23(32)25(27,28)29/h2-12,31H,13H2,1H3. The van der Waals surface area contributed by atoms with E-state index in [-0.39, 0.29) is 18.2 Å². The topological polar surface area (TPSA) is 57.6 Å². The number of aromatic hydroxyl groups is 1. The number of hydrogen-bond donors (Lipinski definition) is 1. The molecular formula is C25H17ClF3NO3S. The van der Waals surface area contributed by atoms with E-state index in [4.69, 9.17) is 11.6 Å². The molecule has 0 atom stereocenters. The van der Waals surface area contributed by atoms with Crippen LogP contribution in [0.2, 0.25) is 5.02 Å².